The fourth-order valence-corrected chi connectivity index (χ4v) is 4.28. The molecule has 0 aliphatic heterocycles. The maximum atomic E-state index is 11.0. The largest absolute Gasteiger partial charge is 3.00 e. The summed E-state index contributed by atoms with van der Waals surface area (Å²) in [5.74, 6) is 0.767. The quantitative estimate of drug-likeness (QED) is 0.100. The maximum Gasteiger partial charge on any atom is 3.00 e. The van der Waals surface area contributed by atoms with E-state index in [0.29, 0.717) is 32.1 Å². The Balaban J connectivity index is -0.0000000579. The van der Waals surface area contributed by atoms with Crippen LogP contribution in [-0.4, -0.2) is 34.7 Å². The Kier molecular flexibility index (Phi) is 132. The Labute approximate surface area is 600 Å². The summed E-state index contributed by atoms with van der Waals surface area (Å²) in [4.78, 5) is 64.3. The van der Waals surface area contributed by atoms with Crippen molar-refractivity contribution >= 4 is 34.7 Å². The summed E-state index contributed by atoms with van der Waals surface area (Å²) in [5, 5.41) is 0. The summed E-state index contributed by atoms with van der Waals surface area (Å²) < 4.78 is 0. The van der Waals surface area contributed by atoms with Crippen molar-refractivity contribution in [3.63, 3.8) is 0 Å². The van der Waals surface area contributed by atoms with E-state index in [4.69, 9.17) is 0 Å². The summed E-state index contributed by atoms with van der Waals surface area (Å²) in [7, 11) is 0. The van der Waals surface area contributed by atoms with Crippen LogP contribution in [0.4, 0.5) is 0 Å². The first-order chi connectivity index (χ1) is 37.3. The van der Waals surface area contributed by atoms with Crippen LogP contribution < -0.4 is 0 Å². The van der Waals surface area contributed by atoms with Gasteiger partial charge in [0.1, 0.15) is 28.9 Å². The minimum absolute atomic E-state index is 0. The van der Waals surface area contributed by atoms with Gasteiger partial charge in [0.15, 0.2) is 5.78 Å². The molecule has 0 amide bonds. The van der Waals surface area contributed by atoms with Crippen LogP contribution in [0.1, 0.15) is 193 Å². The first-order valence-corrected chi connectivity index (χ1v) is 26.7. The summed E-state index contributed by atoms with van der Waals surface area (Å²) in [5.41, 5.74) is 5.09. The van der Waals surface area contributed by atoms with Crippen LogP contribution in [0, 0.1) is 62.3 Å². The van der Waals surface area contributed by atoms with E-state index in [0.717, 1.165) is 27.8 Å². The van der Waals surface area contributed by atoms with Gasteiger partial charge in [0.05, 0.1) is 0 Å². The molecule has 0 spiro atoms. The first-order valence-electron chi connectivity index (χ1n) is 26.7. The number of rotatable bonds is 10. The molecule has 0 aromatic heterocycles. The van der Waals surface area contributed by atoms with Gasteiger partial charge in [-0.15, -0.1) is 25.7 Å². The zero-order chi connectivity index (χ0) is 61.7. The molecule has 6 nitrogen and oxygen atoms in total. The number of benzene rings is 6. The van der Waals surface area contributed by atoms with Gasteiger partial charge in [-0.2, -0.15) is 27.7 Å². The predicted octanol–water partition coefficient (Wildman–Crippen LogP) is 20.7. The number of aryl methyl sites for hydroxylation is 1. The predicted molar refractivity (Wildman–Crippen MR) is 341 cm³/mol. The van der Waals surface area contributed by atoms with Crippen molar-refractivity contribution in [2.24, 2.45) is 0 Å². The van der Waals surface area contributed by atoms with Crippen LogP contribution in [0.25, 0.3) is 0 Å². The summed E-state index contributed by atoms with van der Waals surface area (Å²) >= 11 is 0. The molecule has 0 heterocycles. The minimum Gasteiger partial charge on any atom is -0.346 e. The van der Waals surface area contributed by atoms with Gasteiger partial charge in [0.2, 0.25) is 0 Å². The molecule has 0 fully saturated rings. The third-order valence-corrected chi connectivity index (χ3v) is 7.91. The van der Waals surface area contributed by atoms with Gasteiger partial charge in [-0.1, -0.05) is 250 Å². The number of carbonyl (C=O) groups excluding carboxylic acids is 6. The number of carbonyl (C=O) groups is 6. The Hall–Kier alpha value is -2.24. The Morgan fingerprint density at radius 1 is 0.309 bits per heavy atom. The average Bonchev–Trinajstić information content (AvgIpc) is 3.54. The van der Waals surface area contributed by atoms with Crippen molar-refractivity contribution in [3.8, 4) is 0 Å². The second-order valence-electron chi connectivity index (χ2n) is 12.8. The van der Waals surface area contributed by atoms with Crippen LogP contribution in [0.2, 0.25) is 0 Å². The topological polar surface area (TPSA) is 102 Å². The fraction of sp³-hybridized carbons (Fsp3) is 0.296. The summed E-state index contributed by atoms with van der Waals surface area (Å²) in [6, 6.07) is 56.2. The molecule has 0 bridgehead atoms. The molecule has 6 rings (SSSR count). The van der Waals surface area contributed by atoms with Gasteiger partial charge in [-0.05, 0) is 20.8 Å². The molecule has 0 aliphatic carbocycles. The van der Waals surface area contributed by atoms with E-state index in [1.54, 1.807) is 90.1 Å². The van der Waals surface area contributed by atoms with Crippen molar-refractivity contribution in [2.45, 2.75) is 143 Å². The molecule has 0 unspecified atom stereocenters. The van der Waals surface area contributed by atoms with Crippen molar-refractivity contribution in [1.82, 2.24) is 0 Å². The van der Waals surface area contributed by atoms with Crippen molar-refractivity contribution < 1.29 is 160 Å². The maximum absolute atomic E-state index is 11.0. The third-order valence-electron chi connectivity index (χ3n) is 7.91. The van der Waals surface area contributed by atoms with E-state index < -0.39 is 0 Å². The van der Waals surface area contributed by atoms with Gasteiger partial charge in [-0.3, -0.25) is 24.0 Å². The van der Waals surface area contributed by atoms with Crippen molar-refractivity contribution in [1.29, 1.82) is 0 Å². The Bertz CT molecular complexity index is 1880. The van der Waals surface area contributed by atoms with Crippen LogP contribution in [-0.2, 0) is 136 Å². The Morgan fingerprint density at radius 2 is 0.444 bits per heavy atom. The number of ketones is 6. The van der Waals surface area contributed by atoms with Gasteiger partial charge in [0, 0.05) is 99.7 Å². The molecular formula is C71H104O6Y4-2. The molecule has 6 aromatic rings. The zero-order valence-electron chi connectivity index (χ0n) is 53.3. The molecule has 0 atom stereocenters. The minimum atomic E-state index is 0. The van der Waals surface area contributed by atoms with E-state index in [-0.39, 0.29) is 166 Å². The number of hydrogen-bond acceptors (Lipinski definition) is 6. The molecule has 0 saturated carbocycles. The van der Waals surface area contributed by atoms with E-state index in [1.807, 2.05) is 184 Å². The Morgan fingerprint density at radius 3 is 0.531 bits per heavy atom. The molecule has 6 aromatic carbocycles. The van der Waals surface area contributed by atoms with Crippen LogP contribution in [0.3, 0.4) is 0 Å². The van der Waals surface area contributed by atoms with E-state index in [2.05, 4.69) is 74.4 Å². The standard InChI is InChI=1S/4C9H9O.C8H8O.C7H8.C4H8O.4C2H6.4C2H5.4Y/c4*1-2-9(10)8-6-4-3-5-7-8;1-7(9)8-5-3-2-4-6-8;1-7-5-3-2-4-6-7;1-3-4(2)5;8*1-2;;;;/h4*3-7H,1-2H2;2-6H,1H3;2-6H,1H3;3H2,1-2H3;4*1-2H3;4*1H2,2H3;;;;/q4*-1;;;;;;;;4*-1;;;2*+3. The van der Waals surface area contributed by atoms with E-state index in [9.17, 15) is 28.8 Å². The summed E-state index contributed by atoms with van der Waals surface area (Å²) in [6.07, 6.45) is 2.02. The second kappa shape index (κ2) is 96.9. The van der Waals surface area contributed by atoms with Gasteiger partial charge < -0.3 is 60.2 Å². The van der Waals surface area contributed by atoms with Crippen molar-refractivity contribution in [2.75, 3.05) is 0 Å². The third kappa shape index (κ3) is 77.8. The van der Waals surface area contributed by atoms with Gasteiger partial charge in [0.25, 0.3) is 0 Å². The van der Waals surface area contributed by atoms with E-state index >= 15 is 0 Å². The molecular weight excluding hydrogens is 1300 g/mol. The van der Waals surface area contributed by atoms with Crippen LogP contribution in [0.5, 0.6) is 0 Å². The first kappa shape index (κ1) is 110. The molecule has 81 heavy (non-hydrogen) atoms. The zero-order valence-corrected chi connectivity index (χ0v) is 64.6. The summed E-state index contributed by atoms with van der Waals surface area (Å²) in [6.45, 7) is 57.1. The van der Waals surface area contributed by atoms with Gasteiger partial charge >= 0.3 is 65.4 Å². The normalized spacial score (nSPS) is 7.41. The SMILES string of the molecule is CC.CC.CC.CC.CC(=O)c1ccccc1.CCC(C)=O.Cc1ccccc1.[CH2-]C.[CH2-]C.[CH2-]C.[CH2-]C.[CH2-]CC(=O)c1ccccc1.[CH2-]CC(=O)c1ccccc1.[CH2-]CC(=O)c1ccccc1.[CH2-]CC(=O)c1ccccc1.[Y+3].[Y+3].[Y].[Y]. The smallest absolute Gasteiger partial charge is 0.346 e. The van der Waals surface area contributed by atoms with Crippen LogP contribution in [0.15, 0.2) is 182 Å². The average molecular weight is 1410 g/mol. The monoisotopic (exact) mass is 1410 g/mol. The van der Waals surface area contributed by atoms with Gasteiger partial charge in [-0.25, -0.2) is 0 Å². The molecule has 0 aliphatic rings. The van der Waals surface area contributed by atoms with Crippen molar-refractivity contribution in [3.05, 3.63) is 271 Å². The van der Waals surface area contributed by atoms with E-state index in [1.165, 1.54) is 5.56 Å². The second-order valence-corrected chi connectivity index (χ2v) is 12.8. The number of hydrogen-bond donors (Lipinski definition) is 0. The molecule has 2 radical (unpaired) electrons. The number of Topliss-reactive ketones (excluding diaryl/α,β-unsaturated/α-hetero) is 6. The van der Waals surface area contributed by atoms with Crippen LogP contribution >= 0.6 is 0 Å². The molecule has 0 saturated heterocycles. The molecule has 0 N–H and O–H groups in total. The molecule has 10 heteroatoms. The fourth-order valence-electron chi connectivity index (χ4n) is 4.28. The molecule has 438 valence electrons.